The number of carbonyl (C=O) groups excluding carboxylic acids is 1. The lowest BCUT2D eigenvalue weighted by atomic mass is 10.1. The molecule has 1 N–H and O–H groups in total. The topological polar surface area (TPSA) is 75.7 Å². The largest absolute Gasteiger partial charge is 0.573 e. The van der Waals surface area contributed by atoms with E-state index in [4.69, 9.17) is 0 Å². The number of piperidine rings is 1. The molecule has 144 valence electrons. The van der Waals surface area contributed by atoms with Crippen molar-refractivity contribution in [2.75, 3.05) is 19.3 Å². The molecule has 2 rings (SSSR count). The Labute approximate surface area is 149 Å². The van der Waals surface area contributed by atoms with Gasteiger partial charge < -0.3 is 10.1 Å². The first-order valence-electron chi connectivity index (χ1n) is 7.82. The average Bonchev–Trinajstić information content (AvgIpc) is 2.52. The first-order valence-corrected chi connectivity index (χ1v) is 9.67. The Hall–Kier alpha value is -2.07. The third-order valence-electron chi connectivity index (χ3n) is 3.81. The fourth-order valence-corrected chi connectivity index (χ4v) is 3.41. The maximum Gasteiger partial charge on any atom is 0.573 e. The van der Waals surface area contributed by atoms with Gasteiger partial charge in [-0.3, -0.25) is 4.79 Å². The molecule has 0 bridgehead atoms. The number of sulfonamides is 1. The fraction of sp³-hybridized carbons (Fsp3) is 0.438. The van der Waals surface area contributed by atoms with E-state index < -0.39 is 16.4 Å². The number of nitrogens with one attached hydrogen (secondary N) is 1. The molecule has 0 radical (unpaired) electrons. The third-order valence-corrected chi connectivity index (χ3v) is 5.11. The van der Waals surface area contributed by atoms with Crippen LogP contribution in [-0.4, -0.2) is 50.4 Å². The Morgan fingerprint density at radius 3 is 2.31 bits per heavy atom. The number of nitrogens with zero attached hydrogens (tertiary/aromatic N) is 1. The summed E-state index contributed by atoms with van der Waals surface area (Å²) in [6.07, 6.45) is 0.205. The summed E-state index contributed by atoms with van der Waals surface area (Å²) in [7, 11) is -3.21. The van der Waals surface area contributed by atoms with Gasteiger partial charge in [-0.25, -0.2) is 12.7 Å². The number of amides is 1. The molecule has 0 atom stereocenters. The molecule has 0 aliphatic carbocycles. The molecule has 0 aromatic heterocycles. The first-order chi connectivity index (χ1) is 12.0. The van der Waals surface area contributed by atoms with Gasteiger partial charge in [0.05, 0.1) is 6.26 Å². The number of halogens is 3. The van der Waals surface area contributed by atoms with Gasteiger partial charge in [0.25, 0.3) is 0 Å². The van der Waals surface area contributed by atoms with Gasteiger partial charge in [-0.05, 0) is 36.6 Å². The zero-order chi connectivity index (χ0) is 19.4. The fourth-order valence-electron chi connectivity index (χ4n) is 2.53. The predicted molar refractivity (Wildman–Crippen MR) is 89.7 cm³/mol. The molecule has 1 amide bonds. The lowest BCUT2D eigenvalue weighted by Gasteiger charge is -2.30. The van der Waals surface area contributed by atoms with Crippen LogP contribution in [0.1, 0.15) is 18.4 Å². The van der Waals surface area contributed by atoms with Crippen molar-refractivity contribution in [2.24, 2.45) is 0 Å². The minimum Gasteiger partial charge on any atom is -0.406 e. The highest BCUT2D eigenvalue weighted by Crippen LogP contribution is 2.23. The molecular formula is C16H19F3N2O4S. The Morgan fingerprint density at radius 1 is 1.23 bits per heavy atom. The number of ether oxygens (including phenoxy) is 1. The summed E-state index contributed by atoms with van der Waals surface area (Å²) in [5.41, 5.74) is 0.543. The molecule has 1 aliphatic rings. The normalized spacial score (nSPS) is 17.4. The predicted octanol–water partition coefficient (Wildman–Crippen LogP) is 2.14. The smallest absolute Gasteiger partial charge is 0.406 e. The monoisotopic (exact) mass is 392 g/mol. The van der Waals surface area contributed by atoms with Crippen LogP contribution < -0.4 is 10.1 Å². The number of hydrogen-bond acceptors (Lipinski definition) is 4. The second-order valence-corrected chi connectivity index (χ2v) is 7.88. The van der Waals surface area contributed by atoms with Crippen LogP contribution in [0.25, 0.3) is 6.08 Å². The number of rotatable bonds is 5. The second-order valence-electron chi connectivity index (χ2n) is 5.90. The van der Waals surface area contributed by atoms with Gasteiger partial charge >= 0.3 is 6.36 Å². The zero-order valence-electron chi connectivity index (χ0n) is 14.0. The van der Waals surface area contributed by atoms with E-state index >= 15 is 0 Å². The number of benzene rings is 1. The molecule has 26 heavy (non-hydrogen) atoms. The van der Waals surface area contributed by atoms with Crippen molar-refractivity contribution in [1.82, 2.24) is 9.62 Å². The molecule has 1 aromatic rings. The van der Waals surface area contributed by atoms with Crippen molar-refractivity contribution in [3.05, 3.63) is 35.9 Å². The molecule has 1 fully saturated rings. The Morgan fingerprint density at radius 2 is 1.81 bits per heavy atom. The summed E-state index contributed by atoms with van der Waals surface area (Å²) in [6.45, 7) is 0.711. The summed E-state index contributed by atoms with van der Waals surface area (Å²) in [6, 6.07) is 5.00. The molecule has 0 unspecified atom stereocenters. The third kappa shape index (κ3) is 6.68. The van der Waals surface area contributed by atoms with Gasteiger partial charge in [0.2, 0.25) is 15.9 Å². The van der Waals surface area contributed by atoms with Crippen molar-refractivity contribution >= 4 is 22.0 Å². The van der Waals surface area contributed by atoms with E-state index in [-0.39, 0.29) is 17.7 Å². The van der Waals surface area contributed by atoms with Crippen LogP contribution in [0.15, 0.2) is 30.3 Å². The molecule has 1 aliphatic heterocycles. The Bertz CT molecular complexity index is 753. The summed E-state index contributed by atoms with van der Waals surface area (Å²) in [5.74, 6) is -0.685. The molecule has 1 aromatic carbocycles. The maximum absolute atomic E-state index is 12.1. The van der Waals surface area contributed by atoms with Gasteiger partial charge in [-0.1, -0.05) is 12.1 Å². The van der Waals surface area contributed by atoms with E-state index in [0.29, 0.717) is 31.5 Å². The van der Waals surface area contributed by atoms with Crippen LogP contribution in [0.2, 0.25) is 0 Å². The summed E-state index contributed by atoms with van der Waals surface area (Å²) in [5, 5.41) is 2.78. The molecule has 1 saturated heterocycles. The van der Waals surface area contributed by atoms with Crippen molar-refractivity contribution in [3.8, 4) is 5.75 Å². The molecule has 0 saturated carbocycles. The van der Waals surface area contributed by atoms with E-state index in [1.807, 2.05) is 0 Å². The summed E-state index contributed by atoms with van der Waals surface area (Å²) >= 11 is 0. The summed E-state index contributed by atoms with van der Waals surface area (Å²) < 4.78 is 64.2. The SMILES string of the molecule is CS(=O)(=O)N1CCC(NC(=O)/C=C/c2ccc(OC(F)(F)F)cc2)CC1. The number of alkyl halides is 3. The lowest BCUT2D eigenvalue weighted by molar-refractivity contribution is -0.274. The van der Waals surface area contributed by atoms with E-state index in [9.17, 15) is 26.4 Å². The highest BCUT2D eigenvalue weighted by molar-refractivity contribution is 7.88. The molecule has 6 nitrogen and oxygen atoms in total. The maximum atomic E-state index is 12.1. The standard InChI is InChI=1S/C16H19F3N2O4S/c1-26(23,24)21-10-8-13(9-11-21)20-15(22)7-4-12-2-5-14(6-3-12)25-16(17,18)19/h2-7,13H,8-11H2,1H3,(H,20,22)/b7-4+. The van der Waals surface area contributed by atoms with Gasteiger partial charge in [0, 0.05) is 25.2 Å². The average molecular weight is 392 g/mol. The number of hydrogen-bond donors (Lipinski definition) is 1. The molecule has 10 heteroatoms. The van der Waals surface area contributed by atoms with Gasteiger partial charge in [0.1, 0.15) is 5.75 Å². The van der Waals surface area contributed by atoms with Crippen LogP contribution in [-0.2, 0) is 14.8 Å². The zero-order valence-corrected chi connectivity index (χ0v) is 14.8. The van der Waals surface area contributed by atoms with E-state index in [1.165, 1.54) is 28.6 Å². The molecule has 1 heterocycles. The van der Waals surface area contributed by atoms with Gasteiger partial charge in [0.15, 0.2) is 0 Å². The van der Waals surface area contributed by atoms with Crippen LogP contribution >= 0.6 is 0 Å². The van der Waals surface area contributed by atoms with Crippen LogP contribution in [0, 0.1) is 0 Å². The second kappa shape index (κ2) is 8.09. The van der Waals surface area contributed by atoms with Gasteiger partial charge in [-0.2, -0.15) is 0 Å². The lowest BCUT2D eigenvalue weighted by Crippen LogP contribution is -2.45. The molecule has 0 spiro atoms. The van der Waals surface area contributed by atoms with Crippen molar-refractivity contribution in [2.45, 2.75) is 25.2 Å². The molecular weight excluding hydrogens is 373 g/mol. The number of carbonyl (C=O) groups is 1. The van der Waals surface area contributed by atoms with Crippen LogP contribution in [0.4, 0.5) is 13.2 Å². The highest BCUT2D eigenvalue weighted by atomic mass is 32.2. The van der Waals surface area contributed by atoms with Crippen LogP contribution in [0.5, 0.6) is 5.75 Å². The highest BCUT2D eigenvalue weighted by Gasteiger charge is 2.31. The minimum absolute atomic E-state index is 0.118. The van der Waals surface area contributed by atoms with E-state index in [2.05, 4.69) is 10.1 Å². The Balaban J connectivity index is 1.82. The van der Waals surface area contributed by atoms with Crippen LogP contribution in [0.3, 0.4) is 0 Å². The Kier molecular flexibility index (Phi) is 6.30. The summed E-state index contributed by atoms with van der Waals surface area (Å²) in [4.78, 5) is 11.9. The van der Waals surface area contributed by atoms with E-state index in [1.54, 1.807) is 0 Å². The quantitative estimate of drug-likeness (QED) is 0.779. The first kappa shape index (κ1) is 20.2. The van der Waals surface area contributed by atoms with E-state index in [0.717, 1.165) is 18.4 Å². The van der Waals surface area contributed by atoms with Crippen molar-refractivity contribution in [3.63, 3.8) is 0 Å². The van der Waals surface area contributed by atoms with Gasteiger partial charge in [-0.15, -0.1) is 13.2 Å². The van der Waals surface area contributed by atoms with Crippen molar-refractivity contribution in [1.29, 1.82) is 0 Å². The minimum atomic E-state index is -4.75. The van der Waals surface area contributed by atoms with Crippen molar-refractivity contribution < 1.29 is 31.1 Å².